The molecule has 0 saturated carbocycles. The highest BCUT2D eigenvalue weighted by Crippen LogP contribution is 2.31. The molecule has 0 radical (unpaired) electrons. The molecular weight excluding hydrogens is 252 g/mol. The van der Waals surface area contributed by atoms with Gasteiger partial charge < -0.3 is 10.2 Å². The molecular formula is C15H12N4O. The van der Waals surface area contributed by atoms with Crippen LogP contribution in [-0.2, 0) is 11.3 Å². The largest absolute Gasteiger partial charge is 0.374 e. The van der Waals surface area contributed by atoms with Crippen LogP contribution in [0.4, 0.5) is 11.4 Å². The average Bonchev–Trinajstić information content (AvgIpc) is 2.51. The topological polar surface area (TPSA) is 69.0 Å². The van der Waals surface area contributed by atoms with Crippen LogP contribution >= 0.6 is 0 Å². The first-order valence-corrected chi connectivity index (χ1v) is 6.25. The third-order valence-electron chi connectivity index (χ3n) is 3.24. The summed E-state index contributed by atoms with van der Waals surface area (Å²) in [5, 5.41) is 12.1. The van der Waals surface area contributed by atoms with Crippen LogP contribution in [0.1, 0.15) is 11.1 Å². The maximum Gasteiger partial charge on any atom is 0.246 e. The van der Waals surface area contributed by atoms with E-state index in [2.05, 4.69) is 16.4 Å². The number of nitrogens with zero attached hydrogens (tertiary/aromatic N) is 3. The first-order chi connectivity index (χ1) is 9.78. The average molecular weight is 264 g/mol. The van der Waals surface area contributed by atoms with Gasteiger partial charge in [0.1, 0.15) is 0 Å². The lowest BCUT2D eigenvalue weighted by molar-refractivity contribution is -0.117. The summed E-state index contributed by atoms with van der Waals surface area (Å²) in [5.74, 6) is -0.00981. The van der Waals surface area contributed by atoms with Gasteiger partial charge in [-0.15, -0.1) is 0 Å². The fourth-order valence-corrected chi connectivity index (χ4v) is 2.22. The molecule has 2 aromatic rings. The monoisotopic (exact) mass is 264 g/mol. The molecule has 0 atom stereocenters. The molecule has 0 saturated heterocycles. The minimum Gasteiger partial charge on any atom is -0.374 e. The lowest BCUT2D eigenvalue weighted by Gasteiger charge is -2.30. The van der Waals surface area contributed by atoms with E-state index in [1.807, 2.05) is 18.2 Å². The Kier molecular flexibility index (Phi) is 3.05. The summed E-state index contributed by atoms with van der Waals surface area (Å²) in [6.07, 6.45) is 3.41. The van der Waals surface area contributed by atoms with Gasteiger partial charge in [-0.1, -0.05) is 0 Å². The number of fused-ring (bicyclic) bond motifs is 1. The molecule has 0 aliphatic carbocycles. The smallest absolute Gasteiger partial charge is 0.246 e. The number of nitriles is 1. The van der Waals surface area contributed by atoms with Crippen molar-refractivity contribution in [3.63, 3.8) is 0 Å². The van der Waals surface area contributed by atoms with E-state index in [9.17, 15) is 4.79 Å². The number of carbonyl (C=O) groups is 1. The highest BCUT2D eigenvalue weighted by molar-refractivity contribution is 6.02. The highest BCUT2D eigenvalue weighted by atomic mass is 16.2. The molecule has 0 fully saturated rings. The van der Waals surface area contributed by atoms with Gasteiger partial charge >= 0.3 is 0 Å². The van der Waals surface area contributed by atoms with E-state index in [-0.39, 0.29) is 12.5 Å². The van der Waals surface area contributed by atoms with Crippen LogP contribution < -0.4 is 10.2 Å². The molecule has 1 aromatic carbocycles. The van der Waals surface area contributed by atoms with E-state index in [4.69, 9.17) is 5.26 Å². The Balaban J connectivity index is 1.99. The number of nitrogens with one attached hydrogen (secondary N) is 1. The van der Waals surface area contributed by atoms with Crippen LogP contribution in [0.25, 0.3) is 0 Å². The quantitative estimate of drug-likeness (QED) is 0.899. The Morgan fingerprint density at radius 3 is 2.85 bits per heavy atom. The lowest BCUT2D eigenvalue weighted by atomic mass is 10.1. The fourth-order valence-electron chi connectivity index (χ4n) is 2.22. The second-order valence-corrected chi connectivity index (χ2v) is 4.53. The van der Waals surface area contributed by atoms with Crippen molar-refractivity contribution in [3.05, 3.63) is 53.9 Å². The SMILES string of the molecule is N#Cc1ccc2c(c1)N(Cc1ccncc1)C(=O)CN2. The molecule has 1 amide bonds. The summed E-state index contributed by atoms with van der Waals surface area (Å²) in [7, 11) is 0. The van der Waals surface area contributed by atoms with Crippen molar-refractivity contribution >= 4 is 17.3 Å². The Labute approximate surface area is 116 Å². The van der Waals surface area contributed by atoms with Gasteiger partial charge in [0.05, 0.1) is 36.1 Å². The second kappa shape index (κ2) is 5.02. The molecule has 0 bridgehead atoms. The van der Waals surface area contributed by atoms with Crippen molar-refractivity contribution in [2.24, 2.45) is 0 Å². The van der Waals surface area contributed by atoms with Crippen LogP contribution in [0.15, 0.2) is 42.7 Å². The Hall–Kier alpha value is -2.87. The molecule has 5 nitrogen and oxygen atoms in total. The van der Waals surface area contributed by atoms with Crippen LogP contribution in [0.3, 0.4) is 0 Å². The summed E-state index contributed by atoms with van der Waals surface area (Å²) in [6, 6.07) is 11.2. The minimum atomic E-state index is -0.00981. The van der Waals surface area contributed by atoms with Gasteiger partial charge in [-0.2, -0.15) is 5.26 Å². The molecule has 1 N–H and O–H groups in total. The molecule has 20 heavy (non-hydrogen) atoms. The Bertz CT molecular complexity index is 691. The zero-order valence-corrected chi connectivity index (χ0v) is 10.7. The number of hydrogen-bond acceptors (Lipinski definition) is 4. The van der Waals surface area contributed by atoms with Gasteiger partial charge in [0.2, 0.25) is 5.91 Å². The van der Waals surface area contributed by atoms with Crippen molar-refractivity contribution in [2.45, 2.75) is 6.54 Å². The highest BCUT2D eigenvalue weighted by Gasteiger charge is 2.24. The van der Waals surface area contributed by atoms with Gasteiger partial charge in [0, 0.05) is 12.4 Å². The third-order valence-corrected chi connectivity index (χ3v) is 3.24. The van der Waals surface area contributed by atoms with Gasteiger partial charge in [0.15, 0.2) is 0 Å². The predicted octanol–water partition coefficient (Wildman–Crippen LogP) is 1.91. The number of anilines is 2. The summed E-state index contributed by atoms with van der Waals surface area (Å²) in [6.45, 7) is 0.745. The first-order valence-electron chi connectivity index (χ1n) is 6.25. The number of rotatable bonds is 2. The number of aromatic nitrogens is 1. The van der Waals surface area contributed by atoms with E-state index in [1.165, 1.54) is 0 Å². The summed E-state index contributed by atoms with van der Waals surface area (Å²) < 4.78 is 0. The normalized spacial score (nSPS) is 13.3. The number of carbonyl (C=O) groups excluding carboxylic acids is 1. The maximum atomic E-state index is 12.1. The second-order valence-electron chi connectivity index (χ2n) is 4.53. The molecule has 1 aliphatic rings. The van der Waals surface area contributed by atoms with Gasteiger partial charge in [-0.25, -0.2) is 0 Å². The van der Waals surface area contributed by atoms with E-state index in [0.29, 0.717) is 12.1 Å². The molecule has 3 rings (SSSR count). The van der Waals surface area contributed by atoms with Crippen molar-refractivity contribution in [1.29, 1.82) is 5.26 Å². The Morgan fingerprint density at radius 2 is 2.10 bits per heavy atom. The number of amides is 1. The molecule has 0 spiro atoms. The summed E-state index contributed by atoms with van der Waals surface area (Å²) in [5.41, 5.74) is 3.17. The van der Waals surface area contributed by atoms with Crippen LogP contribution in [0.2, 0.25) is 0 Å². The van der Waals surface area contributed by atoms with E-state index < -0.39 is 0 Å². The molecule has 0 unspecified atom stereocenters. The number of hydrogen-bond donors (Lipinski definition) is 1. The van der Waals surface area contributed by atoms with Crippen LogP contribution in [0, 0.1) is 11.3 Å². The molecule has 1 aliphatic heterocycles. The van der Waals surface area contributed by atoms with Gasteiger partial charge in [-0.3, -0.25) is 9.78 Å². The summed E-state index contributed by atoms with van der Waals surface area (Å²) in [4.78, 5) is 17.8. The zero-order chi connectivity index (χ0) is 13.9. The van der Waals surface area contributed by atoms with E-state index in [0.717, 1.165) is 16.9 Å². The van der Waals surface area contributed by atoms with Crippen LogP contribution in [0.5, 0.6) is 0 Å². The van der Waals surface area contributed by atoms with Crippen molar-refractivity contribution < 1.29 is 4.79 Å². The van der Waals surface area contributed by atoms with Crippen LogP contribution in [-0.4, -0.2) is 17.4 Å². The molecule has 5 heteroatoms. The molecule has 2 heterocycles. The summed E-state index contributed by atoms with van der Waals surface area (Å²) >= 11 is 0. The molecule has 1 aromatic heterocycles. The standard InChI is InChI=1S/C15H12N4O/c16-8-12-1-2-13-14(7-12)19(15(20)9-18-13)10-11-3-5-17-6-4-11/h1-7,18H,9-10H2. The molecule has 98 valence electrons. The first kappa shape index (κ1) is 12.2. The van der Waals surface area contributed by atoms with E-state index in [1.54, 1.807) is 29.4 Å². The number of benzene rings is 1. The van der Waals surface area contributed by atoms with E-state index >= 15 is 0 Å². The number of pyridine rings is 1. The predicted molar refractivity (Wildman–Crippen MR) is 75.1 cm³/mol. The minimum absolute atomic E-state index is 0.00981. The fraction of sp³-hybridized carbons (Fsp3) is 0.133. The van der Waals surface area contributed by atoms with Crippen molar-refractivity contribution in [1.82, 2.24) is 4.98 Å². The maximum absolute atomic E-state index is 12.1. The van der Waals surface area contributed by atoms with Crippen molar-refractivity contribution in [3.8, 4) is 6.07 Å². The zero-order valence-electron chi connectivity index (χ0n) is 10.7. The van der Waals surface area contributed by atoms with Crippen molar-refractivity contribution in [2.75, 3.05) is 16.8 Å². The van der Waals surface area contributed by atoms with Gasteiger partial charge in [0.25, 0.3) is 0 Å². The third kappa shape index (κ3) is 2.19. The Morgan fingerprint density at radius 1 is 1.30 bits per heavy atom. The lowest BCUT2D eigenvalue weighted by Crippen LogP contribution is -2.39. The van der Waals surface area contributed by atoms with Gasteiger partial charge in [-0.05, 0) is 35.9 Å².